The molecule has 4 nitrogen and oxygen atoms in total. The molecule has 4 heteroatoms. The minimum atomic E-state index is 0.00746. The van der Waals surface area contributed by atoms with Gasteiger partial charge in [0.05, 0.1) is 18.2 Å². The van der Waals surface area contributed by atoms with Gasteiger partial charge in [-0.1, -0.05) is 13.8 Å². The van der Waals surface area contributed by atoms with Crippen molar-refractivity contribution < 1.29 is 4.79 Å². The fourth-order valence-corrected chi connectivity index (χ4v) is 1.56. The lowest BCUT2D eigenvalue weighted by Gasteiger charge is -2.22. The Kier molecular flexibility index (Phi) is 5.37. The quantitative estimate of drug-likeness (QED) is 0.881. The lowest BCUT2D eigenvalue weighted by atomic mass is 10.1. The molecule has 1 unspecified atom stereocenters. The van der Waals surface area contributed by atoms with Crippen LogP contribution in [0.25, 0.3) is 0 Å². The first-order valence-electron chi connectivity index (χ1n) is 6.44. The molecule has 1 atom stereocenters. The van der Waals surface area contributed by atoms with E-state index in [0.717, 1.165) is 5.69 Å². The van der Waals surface area contributed by atoms with Crippen molar-refractivity contribution in [3.05, 3.63) is 29.8 Å². The second-order valence-corrected chi connectivity index (χ2v) is 5.11. The van der Waals surface area contributed by atoms with Crippen LogP contribution in [0.4, 0.5) is 5.69 Å². The third-order valence-electron chi connectivity index (χ3n) is 3.21. The van der Waals surface area contributed by atoms with E-state index >= 15 is 0 Å². The van der Waals surface area contributed by atoms with Crippen LogP contribution in [-0.4, -0.2) is 25.5 Å². The molecule has 0 aliphatic rings. The number of hydrogen-bond donors (Lipinski definition) is 1. The van der Waals surface area contributed by atoms with Crippen LogP contribution in [0, 0.1) is 17.2 Å². The Balaban J connectivity index is 2.56. The number of likely N-dealkylation sites (N-methyl/N-ethyl adjacent to an activating group) is 1. The highest BCUT2D eigenvalue weighted by molar-refractivity contribution is 5.81. The predicted molar refractivity (Wildman–Crippen MR) is 76.9 cm³/mol. The summed E-state index contributed by atoms with van der Waals surface area (Å²) in [7, 11) is 1.86. The highest BCUT2D eigenvalue weighted by Crippen LogP contribution is 2.13. The van der Waals surface area contributed by atoms with E-state index in [1.807, 2.05) is 31.0 Å². The van der Waals surface area contributed by atoms with Gasteiger partial charge in [0.2, 0.25) is 5.91 Å². The maximum absolute atomic E-state index is 11.9. The summed E-state index contributed by atoms with van der Waals surface area (Å²) in [6, 6.07) is 9.43. The molecule has 0 aromatic heterocycles. The van der Waals surface area contributed by atoms with Gasteiger partial charge in [-0.05, 0) is 37.1 Å². The van der Waals surface area contributed by atoms with E-state index in [9.17, 15) is 4.79 Å². The smallest absolute Gasteiger partial charge is 0.239 e. The largest absolute Gasteiger partial charge is 0.365 e. The van der Waals surface area contributed by atoms with Crippen molar-refractivity contribution in [3.8, 4) is 6.07 Å². The zero-order valence-electron chi connectivity index (χ0n) is 12.0. The Hall–Kier alpha value is -2.02. The van der Waals surface area contributed by atoms with Gasteiger partial charge in [-0.15, -0.1) is 0 Å². The van der Waals surface area contributed by atoms with Crippen molar-refractivity contribution >= 4 is 11.6 Å². The maximum atomic E-state index is 11.9. The van der Waals surface area contributed by atoms with Crippen molar-refractivity contribution in [1.29, 1.82) is 5.26 Å². The Bertz CT molecular complexity index is 459. The van der Waals surface area contributed by atoms with Crippen LogP contribution in [0.15, 0.2) is 24.3 Å². The normalized spacial score (nSPS) is 11.8. The molecule has 1 amide bonds. The summed E-state index contributed by atoms with van der Waals surface area (Å²) in [5.41, 5.74) is 1.54. The summed E-state index contributed by atoms with van der Waals surface area (Å²) in [4.78, 5) is 13.7. The number of nitrogens with one attached hydrogen (secondary N) is 1. The first kappa shape index (κ1) is 15.0. The molecular formula is C15H21N3O. The third-order valence-corrected chi connectivity index (χ3v) is 3.21. The summed E-state index contributed by atoms with van der Waals surface area (Å²) >= 11 is 0. The van der Waals surface area contributed by atoms with Crippen molar-refractivity contribution in [1.82, 2.24) is 5.32 Å². The highest BCUT2D eigenvalue weighted by atomic mass is 16.2. The summed E-state index contributed by atoms with van der Waals surface area (Å²) in [6.45, 7) is 6.47. The molecule has 1 N–H and O–H groups in total. The number of hydrogen-bond acceptors (Lipinski definition) is 3. The minimum absolute atomic E-state index is 0.00746. The molecule has 1 aromatic rings. The Morgan fingerprint density at radius 2 is 1.89 bits per heavy atom. The SMILES string of the molecule is CC(C)C(C)NC(=O)CN(C)c1ccc(C#N)cc1. The number of nitrogens with zero attached hydrogens (tertiary/aromatic N) is 2. The number of anilines is 1. The van der Waals surface area contributed by atoms with Crippen LogP contribution in [0.5, 0.6) is 0 Å². The van der Waals surface area contributed by atoms with E-state index in [4.69, 9.17) is 5.26 Å². The number of benzene rings is 1. The molecule has 0 bridgehead atoms. The molecule has 19 heavy (non-hydrogen) atoms. The average Bonchev–Trinajstić information content (AvgIpc) is 2.38. The molecule has 0 saturated heterocycles. The monoisotopic (exact) mass is 259 g/mol. The first-order chi connectivity index (χ1) is 8.93. The number of carbonyl (C=O) groups excluding carboxylic acids is 1. The van der Waals surface area contributed by atoms with E-state index in [1.165, 1.54) is 0 Å². The van der Waals surface area contributed by atoms with Crippen LogP contribution in [0.1, 0.15) is 26.3 Å². The van der Waals surface area contributed by atoms with Crippen molar-refractivity contribution in [2.45, 2.75) is 26.8 Å². The topological polar surface area (TPSA) is 56.1 Å². The second-order valence-electron chi connectivity index (χ2n) is 5.11. The van der Waals surface area contributed by atoms with Gasteiger partial charge < -0.3 is 10.2 Å². The fraction of sp³-hybridized carbons (Fsp3) is 0.467. The van der Waals surface area contributed by atoms with Gasteiger partial charge in [0.15, 0.2) is 0 Å². The minimum Gasteiger partial charge on any atom is -0.365 e. The standard InChI is InChI=1S/C15H21N3O/c1-11(2)12(3)17-15(19)10-18(4)14-7-5-13(9-16)6-8-14/h5-8,11-12H,10H2,1-4H3,(H,17,19). The second kappa shape index (κ2) is 6.79. The van der Waals surface area contributed by atoms with Gasteiger partial charge in [0, 0.05) is 18.8 Å². The van der Waals surface area contributed by atoms with E-state index in [-0.39, 0.29) is 11.9 Å². The van der Waals surface area contributed by atoms with Crippen LogP contribution < -0.4 is 10.2 Å². The van der Waals surface area contributed by atoms with Gasteiger partial charge in [-0.25, -0.2) is 0 Å². The van der Waals surface area contributed by atoms with Crippen molar-refractivity contribution in [2.75, 3.05) is 18.5 Å². The summed E-state index contributed by atoms with van der Waals surface area (Å²) in [5.74, 6) is 0.428. The van der Waals surface area contributed by atoms with E-state index in [0.29, 0.717) is 18.0 Å². The van der Waals surface area contributed by atoms with Crippen molar-refractivity contribution in [2.24, 2.45) is 5.92 Å². The number of carbonyl (C=O) groups is 1. The average molecular weight is 259 g/mol. The van der Waals surface area contributed by atoms with Crippen LogP contribution in [0.3, 0.4) is 0 Å². The highest BCUT2D eigenvalue weighted by Gasteiger charge is 2.12. The maximum Gasteiger partial charge on any atom is 0.239 e. The molecule has 102 valence electrons. The molecule has 0 fully saturated rings. The van der Waals surface area contributed by atoms with Gasteiger partial charge in [-0.2, -0.15) is 5.26 Å². The Labute approximate surface area is 115 Å². The molecule has 0 spiro atoms. The van der Waals surface area contributed by atoms with Gasteiger partial charge in [0.1, 0.15) is 0 Å². The fourth-order valence-electron chi connectivity index (χ4n) is 1.56. The van der Waals surface area contributed by atoms with Crippen LogP contribution >= 0.6 is 0 Å². The van der Waals surface area contributed by atoms with E-state index in [2.05, 4.69) is 25.2 Å². The predicted octanol–water partition coefficient (Wildman–Crippen LogP) is 2.16. The summed E-state index contributed by atoms with van der Waals surface area (Å²) in [6.07, 6.45) is 0. The molecule has 0 aliphatic carbocycles. The Morgan fingerprint density at radius 1 is 1.32 bits per heavy atom. The molecule has 0 radical (unpaired) electrons. The lowest BCUT2D eigenvalue weighted by molar-refractivity contribution is -0.120. The van der Waals surface area contributed by atoms with Gasteiger partial charge in [-0.3, -0.25) is 4.79 Å². The third kappa shape index (κ3) is 4.63. The van der Waals surface area contributed by atoms with E-state index in [1.54, 1.807) is 12.1 Å². The number of amides is 1. The van der Waals surface area contributed by atoms with Gasteiger partial charge >= 0.3 is 0 Å². The lowest BCUT2D eigenvalue weighted by Crippen LogP contribution is -2.41. The molecule has 0 aliphatic heterocycles. The van der Waals surface area contributed by atoms with Crippen molar-refractivity contribution in [3.63, 3.8) is 0 Å². The molecule has 1 rings (SSSR count). The summed E-state index contributed by atoms with van der Waals surface area (Å²) in [5, 5.41) is 11.7. The molecular weight excluding hydrogens is 238 g/mol. The van der Waals surface area contributed by atoms with E-state index < -0.39 is 0 Å². The number of nitriles is 1. The Morgan fingerprint density at radius 3 is 2.37 bits per heavy atom. The number of rotatable bonds is 5. The summed E-state index contributed by atoms with van der Waals surface area (Å²) < 4.78 is 0. The molecule has 0 heterocycles. The molecule has 0 saturated carbocycles. The molecule has 1 aromatic carbocycles. The zero-order chi connectivity index (χ0) is 14.4. The zero-order valence-corrected chi connectivity index (χ0v) is 12.0. The first-order valence-corrected chi connectivity index (χ1v) is 6.44. The van der Waals surface area contributed by atoms with Crippen LogP contribution in [0.2, 0.25) is 0 Å². The van der Waals surface area contributed by atoms with Gasteiger partial charge in [0.25, 0.3) is 0 Å². The van der Waals surface area contributed by atoms with Crippen LogP contribution in [-0.2, 0) is 4.79 Å².